The monoisotopic (exact) mass is 294 g/mol. The number of anilines is 1. The van der Waals surface area contributed by atoms with E-state index in [1.54, 1.807) is 31.1 Å². The van der Waals surface area contributed by atoms with Crippen molar-refractivity contribution in [3.05, 3.63) is 28.8 Å². The fourth-order valence-corrected chi connectivity index (χ4v) is 2.97. The van der Waals surface area contributed by atoms with Crippen molar-refractivity contribution in [2.24, 2.45) is 5.92 Å². The van der Waals surface area contributed by atoms with Gasteiger partial charge in [0.2, 0.25) is 0 Å². The third-order valence-electron chi connectivity index (χ3n) is 4.07. The fraction of sp³-hybridized carbons (Fsp3) is 0.562. The van der Waals surface area contributed by atoms with Gasteiger partial charge in [0.25, 0.3) is 5.91 Å². The van der Waals surface area contributed by atoms with Crippen molar-refractivity contribution in [3.8, 4) is 0 Å². The molecule has 0 heterocycles. The van der Waals surface area contributed by atoms with Crippen LogP contribution in [-0.2, 0) is 0 Å². The highest BCUT2D eigenvalue weighted by Crippen LogP contribution is 2.29. The zero-order valence-corrected chi connectivity index (χ0v) is 13.2. The Kier molecular flexibility index (Phi) is 4.92. The summed E-state index contributed by atoms with van der Waals surface area (Å²) in [6, 6.07) is 5.87. The Morgan fingerprint density at radius 3 is 2.65 bits per heavy atom. The van der Waals surface area contributed by atoms with E-state index in [2.05, 4.69) is 12.2 Å². The van der Waals surface area contributed by atoms with Crippen LogP contribution in [0.3, 0.4) is 0 Å². The molecule has 1 aliphatic carbocycles. The SMILES string of the molecule is CC1CCCCC1Nc1cc(Cl)ccc1C(=O)N(C)C. The Bertz CT molecular complexity index is 487. The van der Waals surface area contributed by atoms with Crippen LogP contribution in [0.5, 0.6) is 0 Å². The second kappa shape index (κ2) is 6.49. The number of nitrogens with one attached hydrogen (secondary N) is 1. The highest BCUT2D eigenvalue weighted by molar-refractivity contribution is 6.31. The quantitative estimate of drug-likeness (QED) is 0.913. The lowest BCUT2D eigenvalue weighted by molar-refractivity contribution is 0.0828. The largest absolute Gasteiger partial charge is 0.381 e. The zero-order chi connectivity index (χ0) is 14.7. The first-order valence-electron chi connectivity index (χ1n) is 7.27. The van der Waals surface area contributed by atoms with Crippen molar-refractivity contribution >= 4 is 23.2 Å². The topological polar surface area (TPSA) is 32.3 Å². The van der Waals surface area contributed by atoms with Gasteiger partial charge in [0.15, 0.2) is 0 Å². The van der Waals surface area contributed by atoms with Crippen molar-refractivity contribution in [3.63, 3.8) is 0 Å². The van der Waals surface area contributed by atoms with Crippen LogP contribution in [0, 0.1) is 5.92 Å². The molecule has 2 unspecified atom stereocenters. The van der Waals surface area contributed by atoms with Crippen LogP contribution in [0.2, 0.25) is 5.02 Å². The van der Waals surface area contributed by atoms with Gasteiger partial charge in [-0.3, -0.25) is 4.79 Å². The Labute approximate surface area is 126 Å². The molecule has 1 amide bonds. The number of carbonyl (C=O) groups is 1. The molecule has 2 atom stereocenters. The maximum Gasteiger partial charge on any atom is 0.255 e. The molecule has 1 fully saturated rings. The molecule has 1 saturated carbocycles. The van der Waals surface area contributed by atoms with Crippen LogP contribution in [0.4, 0.5) is 5.69 Å². The number of carbonyl (C=O) groups excluding carboxylic acids is 1. The summed E-state index contributed by atoms with van der Waals surface area (Å²) in [4.78, 5) is 13.8. The first kappa shape index (κ1) is 15.2. The minimum Gasteiger partial charge on any atom is -0.381 e. The third-order valence-corrected chi connectivity index (χ3v) is 4.31. The molecule has 1 aromatic rings. The minimum absolute atomic E-state index is 0.00706. The van der Waals surface area contributed by atoms with Gasteiger partial charge in [0.05, 0.1) is 5.56 Å². The number of benzene rings is 1. The Morgan fingerprint density at radius 2 is 2.00 bits per heavy atom. The number of hydrogen-bond donors (Lipinski definition) is 1. The van der Waals surface area contributed by atoms with Gasteiger partial charge in [-0.05, 0) is 37.0 Å². The van der Waals surface area contributed by atoms with Gasteiger partial charge < -0.3 is 10.2 Å². The Morgan fingerprint density at radius 1 is 1.30 bits per heavy atom. The number of rotatable bonds is 3. The van der Waals surface area contributed by atoms with Gasteiger partial charge in [-0.1, -0.05) is 31.4 Å². The molecule has 4 heteroatoms. The third kappa shape index (κ3) is 3.45. The van der Waals surface area contributed by atoms with Crippen molar-refractivity contribution in [2.45, 2.75) is 38.6 Å². The smallest absolute Gasteiger partial charge is 0.255 e. The van der Waals surface area contributed by atoms with Crippen LogP contribution in [0.25, 0.3) is 0 Å². The average Bonchev–Trinajstić information content (AvgIpc) is 2.41. The highest BCUT2D eigenvalue weighted by Gasteiger charge is 2.23. The van der Waals surface area contributed by atoms with E-state index in [9.17, 15) is 4.79 Å². The molecule has 0 saturated heterocycles. The number of amides is 1. The molecule has 1 aliphatic rings. The predicted molar refractivity (Wildman–Crippen MR) is 84.5 cm³/mol. The standard InChI is InChI=1S/C16H23ClN2O/c1-11-6-4-5-7-14(11)18-15-10-12(17)8-9-13(15)16(20)19(2)3/h8-11,14,18H,4-7H2,1-3H3. The molecule has 0 aliphatic heterocycles. The predicted octanol–water partition coefficient (Wildman–Crippen LogP) is 4.03. The van der Waals surface area contributed by atoms with E-state index in [1.165, 1.54) is 19.3 Å². The first-order valence-corrected chi connectivity index (χ1v) is 7.64. The summed E-state index contributed by atoms with van der Waals surface area (Å²) in [6.07, 6.45) is 4.95. The lowest BCUT2D eigenvalue weighted by Gasteiger charge is -2.31. The lowest BCUT2D eigenvalue weighted by Crippen LogP contribution is -2.32. The number of hydrogen-bond acceptors (Lipinski definition) is 2. The second-order valence-electron chi connectivity index (χ2n) is 5.90. The van der Waals surface area contributed by atoms with Gasteiger partial charge in [-0.15, -0.1) is 0 Å². The summed E-state index contributed by atoms with van der Waals surface area (Å²) in [5.74, 6) is 0.637. The molecular formula is C16H23ClN2O. The fourth-order valence-electron chi connectivity index (χ4n) is 2.79. The van der Waals surface area contributed by atoms with E-state index in [1.807, 2.05) is 6.07 Å². The molecule has 20 heavy (non-hydrogen) atoms. The van der Waals surface area contributed by atoms with Crippen LogP contribution in [0.15, 0.2) is 18.2 Å². The molecule has 2 rings (SSSR count). The molecule has 1 N–H and O–H groups in total. The highest BCUT2D eigenvalue weighted by atomic mass is 35.5. The van der Waals surface area contributed by atoms with Gasteiger partial charge in [-0.2, -0.15) is 0 Å². The molecule has 110 valence electrons. The summed E-state index contributed by atoms with van der Waals surface area (Å²) >= 11 is 6.09. The number of halogens is 1. The Balaban J connectivity index is 2.25. The van der Waals surface area contributed by atoms with Gasteiger partial charge in [0.1, 0.15) is 0 Å². The summed E-state index contributed by atoms with van der Waals surface area (Å²) in [6.45, 7) is 2.27. The average molecular weight is 295 g/mol. The van der Waals surface area contributed by atoms with Crippen molar-refractivity contribution in [1.29, 1.82) is 0 Å². The van der Waals surface area contributed by atoms with Crippen molar-refractivity contribution in [1.82, 2.24) is 4.90 Å². The van der Waals surface area contributed by atoms with Gasteiger partial charge in [-0.25, -0.2) is 0 Å². The minimum atomic E-state index is 0.00706. The van der Waals surface area contributed by atoms with Gasteiger partial charge >= 0.3 is 0 Å². The maximum absolute atomic E-state index is 12.2. The van der Waals surface area contributed by atoms with E-state index in [0.29, 0.717) is 22.5 Å². The van der Waals surface area contributed by atoms with Gasteiger partial charge in [0, 0.05) is 30.8 Å². The van der Waals surface area contributed by atoms with E-state index in [0.717, 1.165) is 12.1 Å². The second-order valence-corrected chi connectivity index (χ2v) is 6.34. The summed E-state index contributed by atoms with van der Waals surface area (Å²) < 4.78 is 0. The molecule has 0 aromatic heterocycles. The van der Waals surface area contributed by atoms with Crippen LogP contribution < -0.4 is 5.32 Å². The van der Waals surface area contributed by atoms with Crippen molar-refractivity contribution < 1.29 is 4.79 Å². The van der Waals surface area contributed by atoms with Crippen molar-refractivity contribution in [2.75, 3.05) is 19.4 Å². The maximum atomic E-state index is 12.2. The van der Waals surface area contributed by atoms with Crippen LogP contribution >= 0.6 is 11.6 Å². The van der Waals surface area contributed by atoms with Crippen LogP contribution in [-0.4, -0.2) is 30.9 Å². The molecule has 1 aromatic carbocycles. The van der Waals surface area contributed by atoms with E-state index >= 15 is 0 Å². The first-order chi connectivity index (χ1) is 9.49. The Hall–Kier alpha value is -1.22. The normalized spacial score (nSPS) is 22.4. The van der Waals surface area contributed by atoms with E-state index in [4.69, 9.17) is 11.6 Å². The molecule has 3 nitrogen and oxygen atoms in total. The van der Waals surface area contributed by atoms with E-state index in [-0.39, 0.29) is 5.91 Å². The van der Waals surface area contributed by atoms with Crippen LogP contribution in [0.1, 0.15) is 43.0 Å². The molecule has 0 bridgehead atoms. The molecule has 0 spiro atoms. The lowest BCUT2D eigenvalue weighted by atomic mass is 9.85. The number of nitrogens with zero attached hydrogens (tertiary/aromatic N) is 1. The summed E-state index contributed by atoms with van der Waals surface area (Å²) in [7, 11) is 3.54. The molecule has 0 radical (unpaired) electrons. The zero-order valence-electron chi connectivity index (χ0n) is 12.4. The van der Waals surface area contributed by atoms with E-state index < -0.39 is 0 Å². The summed E-state index contributed by atoms with van der Waals surface area (Å²) in [5, 5.41) is 4.20. The summed E-state index contributed by atoms with van der Waals surface area (Å²) in [5.41, 5.74) is 1.55. The molecular weight excluding hydrogens is 272 g/mol.